The Balaban J connectivity index is 1.71. The van der Waals surface area contributed by atoms with Gasteiger partial charge in [0.15, 0.2) is 0 Å². The van der Waals surface area contributed by atoms with Crippen molar-refractivity contribution < 1.29 is 4.79 Å². The van der Waals surface area contributed by atoms with Gasteiger partial charge in [-0.05, 0) is 64.1 Å². The van der Waals surface area contributed by atoms with E-state index in [0.29, 0.717) is 12.0 Å². The molecule has 1 aromatic rings. The van der Waals surface area contributed by atoms with Gasteiger partial charge in [-0.2, -0.15) is 0 Å². The second-order valence-corrected chi connectivity index (χ2v) is 6.73. The SMILES string of the molecule is Cc1cc(C)cc(C(=O)N2CCCC(C3CCCN3)C2)c1. The molecule has 0 aromatic heterocycles. The van der Waals surface area contributed by atoms with Crippen LogP contribution in [0.4, 0.5) is 0 Å². The second kappa shape index (κ2) is 6.18. The predicted molar refractivity (Wildman–Crippen MR) is 85.6 cm³/mol. The molecule has 2 aliphatic rings. The van der Waals surface area contributed by atoms with Crippen LogP contribution in [-0.2, 0) is 0 Å². The summed E-state index contributed by atoms with van der Waals surface area (Å²) in [5.41, 5.74) is 3.20. The first-order chi connectivity index (χ1) is 10.1. The van der Waals surface area contributed by atoms with Crippen LogP contribution in [0.15, 0.2) is 18.2 Å². The average molecular weight is 286 g/mol. The molecule has 2 fully saturated rings. The third-order valence-corrected chi connectivity index (χ3v) is 4.88. The van der Waals surface area contributed by atoms with Crippen molar-refractivity contribution in [2.45, 2.75) is 45.6 Å². The third kappa shape index (κ3) is 3.29. The normalized spacial score (nSPS) is 26.1. The minimum absolute atomic E-state index is 0.212. The van der Waals surface area contributed by atoms with Crippen molar-refractivity contribution in [3.63, 3.8) is 0 Å². The van der Waals surface area contributed by atoms with E-state index in [4.69, 9.17) is 0 Å². The largest absolute Gasteiger partial charge is 0.338 e. The minimum Gasteiger partial charge on any atom is -0.338 e. The maximum atomic E-state index is 12.8. The van der Waals surface area contributed by atoms with Crippen LogP contribution in [0.1, 0.15) is 47.2 Å². The number of benzene rings is 1. The second-order valence-electron chi connectivity index (χ2n) is 6.73. The van der Waals surface area contributed by atoms with Crippen molar-refractivity contribution in [1.82, 2.24) is 10.2 Å². The molecule has 1 N–H and O–H groups in total. The zero-order valence-electron chi connectivity index (χ0n) is 13.2. The molecule has 1 aromatic carbocycles. The molecule has 21 heavy (non-hydrogen) atoms. The number of carbonyl (C=O) groups excluding carboxylic acids is 1. The van der Waals surface area contributed by atoms with Gasteiger partial charge in [0, 0.05) is 24.7 Å². The molecule has 0 saturated carbocycles. The highest BCUT2D eigenvalue weighted by Gasteiger charge is 2.31. The topological polar surface area (TPSA) is 32.3 Å². The number of piperidine rings is 1. The Morgan fingerprint density at radius 1 is 1.14 bits per heavy atom. The summed E-state index contributed by atoms with van der Waals surface area (Å²) >= 11 is 0. The van der Waals surface area contributed by atoms with Gasteiger partial charge in [-0.25, -0.2) is 0 Å². The Labute approximate surface area is 127 Å². The zero-order valence-corrected chi connectivity index (χ0v) is 13.2. The molecule has 2 aliphatic heterocycles. The molecule has 2 unspecified atom stereocenters. The maximum Gasteiger partial charge on any atom is 0.253 e. The van der Waals surface area contributed by atoms with Crippen molar-refractivity contribution in [3.8, 4) is 0 Å². The van der Waals surface area contributed by atoms with Gasteiger partial charge >= 0.3 is 0 Å². The van der Waals surface area contributed by atoms with Crippen LogP contribution in [0, 0.1) is 19.8 Å². The van der Waals surface area contributed by atoms with Gasteiger partial charge in [-0.3, -0.25) is 4.79 Å². The molecule has 0 bridgehead atoms. The van der Waals surface area contributed by atoms with Crippen LogP contribution >= 0.6 is 0 Å². The molecule has 2 saturated heterocycles. The van der Waals surface area contributed by atoms with E-state index in [-0.39, 0.29) is 5.91 Å². The lowest BCUT2D eigenvalue weighted by Gasteiger charge is -2.36. The summed E-state index contributed by atoms with van der Waals surface area (Å²) in [5, 5.41) is 3.61. The van der Waals surface area contributed by atoms with Crippen molar-refractivity contribution >= 4 is 5.91 Å². The molecule has 2 heterocycles. The zero-order chi connectivity index (χ0) is 14.8. The first-order valence-electron chi connectivity index (χ1n) is 8.24. The molecule has 114 valence electrons. The van der Waals surface area contributed by atoms with Gasteiger partial charge < -0.3 is 10.2 Å². The van der Waals surface area contributed by atoms with Gasteiger partial charge in [0.25, 0.3) is 5.91 Å². The number of hydrogen-bond acceptors (Lipinski definition) is 2. The van der Waals surface area contributed by atoms with Crippen molar-refractivity contribution in [2.75, 3.05) is 19.6 Å². The summed E-state index contributed by atoms with van der Waals surface area (Å²) in [6.45, 7) is 7.10. The summed E-state index contributed by atoms with van der Waals surface area (Å²) in [6, 6.07) is 6.79. The standard InChI is InChI=1S/C18H26N2O/c1-13-9-14(2)11-16(10-13)18(21)20-8-4-5-15(12-20)17-6-3-7-19-17/h9-11,15,17,19H,3-8,12H2,1-2H3. The van der Waals surface area contributed by atoms with E-state index < -0.39 is 0 Å². The number of carbonyl (C=O) groups is 1. The Bertz CT molecular complexity index is 500. The van der Waals surface area contributed by atoms with E-state index in [0.717, 1.165) is 31.6 Å². The molecule has 0 aliphatic carbocycles. The van der Waals surface area contributed by atoms with Gasteiger partial charge in [-0.15, -0.1) is 0 Å². The Hall–Kier alpha value is -1.35. The van der Waals surface area contributed by atoms with Gasteiger partial charge in [0.05, 0.1) is 0 Å². The smallest absolute Gasteiger partial charge is 0.253 e. The van der Waals surface area contributed by atoms with Crippen LogP contribution in [0.2, 0.25) is 0 Å². The molecule has 3 rings (SSSR count). The molecule has 2 atom stereocenters. The first-order valence-corrected chi connectivity index (χ1v) is 8.24. The predicted octanol–water partition coefficient (Wildman–Crippen LogP) is 2.91. The molecule has 3 nitrogen and oxygen atoms in total. The van der Waals surface area contributed by atoms with Crippen LogP contribution in [0.3, 0.4) is 0 Å². The highest BCUT2D eigenvalue weighted by atomic mass is 16.2. The number of likely N-dealkylation sites (tertiary alicyclic amines) is 1. The molecular formula is C18H26N2O. The van der Waals surface area contributed by atoms with Gasteiger partial charge in [0.1, 0.15) is 0 Å². The average Bonchev–Trinajstić information content (AvgIpc) is 3.00. The lowest BCUT2D eigenvalue weighted by Crippen LogP contribution is -2.45. The summed E-state index contributed by atoms with van der Waals surface area (Å²) in [6.07, 6.45) is 4.95. The maximum absolute atomic E-state index is 12.8. The molecule has 3 heteroatoms. The Kier molecular flexibility index (Phi) is 4.29. The number of nitrogens with zero attached hydrogens (tertiary/aromatic N) is 1. The van der Waals surface area contributed by atoms with Crippen LogP contribution in [-0.4, -0.2) is 36.5 Å². The van der Waals surface area contributed by atoms with Crippen molar-refractivity contribution in [3.05, 3.63) is 34.9 Å². The summed E-state index contributed by atoms with van der Waals surface area (Å²) in [5.74, 6) is 0.848. The third-order valence-electron chi connectivity index (χ3n) is 4.88. The highest BCUT2D eigenvalue weighted by Crippen LogP contribution is 2.26. The quantitative estimate of drug-likeness (QED) is 0.906. The number of rotatable bonds is 2. The summed E-state index contributed by atoms with van der Waals surface area (Å²) in [4.78, 5) is 14.8. The highest BCUT2D eigenvalue weighted by molar-refractivity contribution is 5.94. The van der Waals surface area contributed by atoms with Crippen LogP contribution in [0.5, 0.6) is 0 Å². The van der Waals surface area contributed by atoms with E-state index in [9.17, 15) is 4.79 Å². The Morgan fingerprint density at radius 2 is 1.90 bits per heavy atom. The molecule has 0 radical (unpaired) electrons. The number of nitrogens with one attached hydrogen (secondary N) is 1. The number of amides is 1. The molecule has 0 spiro atoms. The first kappa shape index (κ1) is 14.6. The fraction of sp³-hybridized carbons (Fsp3) is 0.611. The summed E-state index contributed by atoms with van der Waals surface area (Å²) in [7, 11) is 0. The monoisotopic (exact) mass is 286 g/mol. The van der Waals surface area contributed by atoms with Gasteiger partial charge in [0.2, 0.25) is 0 Å². The van der Waals surface area contributed by atoms with E-state index in [1.54, 1.807) is 0 Å². The van der Waals surface area contributed by atoms with Crippen LogP contribution < -0.4 is 5.32 Å². The van der Waals surface area contributed by atoms with E-state index >= 15 is 0 Å². The van der Waals surface area contributed by atoms with E-state index in [2.05, 4.69) is 30.1 Å². The molecular weight excluding hydrogens is 260 g/mol. The summed E-state index contributed by atoms with van der Waals surface area (Å²) < 4.78 is 0. The fourth-order valence-electron chi connectivity index (χ4n) is 3.92. The van der Waals surface area contributed by atoms with E-state index in [1.807, 2.05) is 12.1 Å². The van der Waals surface area contributed by atoms with Crippen molar-refractivity contribution in [2.24, 2.45) is 5.92 Å². The van der Waals surface area contributed by atoms with Crippen molar-refractivity contribution in [1.29, 1.82) is 0 Å². The Morgan fingerprint density at radius 3 is 2.57 bits per heavy atom. The lowest BCUT2D eigenvalue weighted by atomic mass is 9.89. The fourth-order valence-corrected chi connectivity index (χ4v) is 3.92. The van der Waals surface area contributed by atoms with Gasteiger partial charge in [-0.1, -0.05) is 17.2 Å². The lowest BCUT2D eigenvalue weighted by molar-refractivity contribution is 0.0651. The van der Waals surface area contributed by atoms with Crippen LogP contribution in [0.25, 0.3) is 0 Å². The number of hydrogen-bond donors (Lipinski definition) is 1. The minimum atomic E-state index is 0.212. The van der Waals surface area contributed by atoms with E-state index in [1.165, 1.54) is 30.4 Å². The number of aryl methyl sites for hydroxylation is 2. The molecule has 1 amide bonds.